The van der Waals surface area contributed by atoms with Crippen molar-refractivity contribution in [1.82, 2.24) is 4.31 Å². The molecule has 1 fully saturated rings. The van der Waals surface area contributed by atoms with Crippen LogP contribution in [0.2, 0.25) is 0 Å². The van der Waals surface area contributed by atoms with Crippen LogP contribution in [-0.4, -0.2) is 31.6 Å². The number of halogens is 1. The van der Waals surface area contributed by atoms with Gasteiger partial charge in [-0.05, 0) is 31.0 Å². The van der Waals surface area contributed by atoms with Gasteiger partial charge in [-0.1, -0.05) is 12.5 Å². The van der Waals surface area contributed by atoms with Crippen molar-refractivity contribution in [1.29, 1.82) is 0 Å². The van der Waals surface area contributed by atoms with E-state index < -0.39 is 21.9 Å². The van der Waals surface area contributed by atoms with Crippen molar-refractivity contribution in [3.05, 3.63) is 30.1 Å². The van der Waals surface area contributed by atoms with E-state index in [2.05, 4.69) is 0 Å². The van der Waals surface area contributed by atoms with Crippen LogP contribution < -0.4 is 0 Å². The maximum Gasteiger partial charge on any atom is 0.243 e. The Morgan fingerprint density at radius 3 is 2.78 bits per heavy atom. The highest BCUT2D eigenvalue weighted by molar-refractivity contribution is 7.89. The maximum absolute atomic E-state index is 13.1. The summed E-state index contributed by atoms with van der Waals surface area (Å²) in [6, 6.07) is 4.22. The van der Waals surface area contributed by atoms with Gasteiger partial charge in [-0.25, -0.2) is 12.8 Å². The first kappa shape index (κ1) is 13.2. The quantitative estimate of drug-likeness (QED) is 0.784. The topological polar surface area (TPSA) is 54.5 Å². The zero-order chi connectivity index (χ0) is 13.2. The number of rotatable bonds is 3. The molecule has 6 heteroatoms. The molecule has 0 bridgehead atoms. The number of nitrogens with zero attached hydrogens (tertiary/aromatic N) is 1. The normalized spacial score (nSPS) is 21.7. The van der Waals surface area contributed by atoms with Crippen molar-refractivity contribution in [3.8, 4) is 0 Å². The maximum atomic E-state index is 13.1. The summed E-state index contributed by atoms with van der Waals surface area (Å²) in [5.41, 5.74) is 0. The summed E-state index contributed by atoms with van der Waals surface area (Å²) in [7, 11) is -3.78. The molecule has 0 radical (unpaired) electrons. The van der Waals surface area contributed by atoms with Gasteiger partial charge in [0, 0.05) is 6.54 Å². The monoisotopic (exact) mass is 271 g/mol. The molecular weight excluding hydrogens is 257 g/mol. The number of carbonyl (C=O) groups is 1. The molecule has 0 aliphatic carbocycles. The van der Waals surface area contributed by atoms with Gasteiger partial charge in [0.15, 0.2) is 0 Å². The predicted octanol–water partition coefficient (Wildman–Crippen LogP) is 1.57. The first-order valence-corrected chi connectivity index (χ1v) is 7.22. The summed E-state index contributed by atoms with van der Waals surface area (Å²) in [6.07, 6.45) is 2.73. The van der Waals surface area contributed by atoms with Gasteiger partial charge in [0.2, 0.25) is 10.0 Å². The highest BCUT2D eigenvalue weighted by Gasteiger charge is 2.33. The molecule has 1 aliphatic rings. The lowest BCUT2D eigenvalue weighted by molar-refractivity contribution is -0.111. The summed E-state index contributed by atoms with van der Waals surface area (Å²) < 4.78 is 38.9. The third-order valence-electron chi connectivity index (χ3n) is 3.06. The third-order valence-corrected chi connectivity index (χ3v) is 4.98. The zero-order valence-electron chi connectivity index (χ0n) is 9.75. The lowest BCUT2D eigenvalue weighted by Gasteiger charge is -2.31. The second-order valence-corrected chi connectivity index (χ2v) is 6.16. The lowest BCUT2D eigenvalue weighted by atomic mass is 10.1. The van der Waals surface area contributed by atoms with Crippen molar-refractivity contribution >= 4 is 16.3 Å². The third kappa shape index (κ3) is 2.44. The van der Waals surface area contributed by atoms with Crippen LogP contribution in [0.5, 0.6) is 0 Å². The van der Waals surface area contributed by atoms with E-state index in [0.29, 0.717) is 19.3 Å². The lowest BCUT2D eigenvalue weighted by Crippen LogP contribution is -2.44. The van der Waals surface area contributed by atoms with E-state index in [1.807, 2.05) is 0 Å². The fraction of sp³-hybridized carbons (Fsp3) is 0.417. The fourth-order valence-electron chi connectivity index (χ4n) is 2.13. The van der Waals surface area contributed by atoms with Gasteiger partial charge < -0.3 is 4.79 Å². The average molecular weight is 271 g/mol. The van der Waals surface area contributed by atoms with E-state index in [4.69, 9.17) is 0 Å². The molecular formula is C12H14FNO3S. The largest absolute Gasteiger partial charge is 0.302 e. The first-order chi connectivity index (χ1) is 8.55. The van der Waals surface area contributed by atoms with Gasteiger partial charge in [0.05, 0.1) is 10.9 Å². The Bertz CT molecular complexity index is 544. The average Bonchev–Trinajstić information content (AvgIpc) is 2.38. The van der Waals surface area contributed by atoms with Crippen LogP contribution in [0.25, 0.3) is 0 Å². The number of hydrogen-bond donors (Lipinski definition) is 0. The number of carbonyl (C=O) groups excluding carboxylic acids is 1. The smallest absolute Gasteiger partial charge is 0.243 e. The predicted molar refractivity (Wildman–Crippen MR) is 64.0 cm³/mol. The highest BCUT2D eigenvalue weighted by atomic mass is 32.2. The van der Waals surface area contributed by atoms with Gasteiger partial charge in [-0.15, -0.1) is 0 Å². The summed E-state index contributed by atoms with van der Waals surface area (Å²) in [5, 5.41) is 0. The molecule has 1 aromatic rings. The van der Waals surface area contributed by atoms with Crippen molar-refractivity contribution in [2.45, 2.75) is 30.2 Å². The molecule has 98 valence electrons. The van der Waals surface area contributed by atoms with Crippen LogP contribution in [0.15, 0.2) is 29.2 Å². The van der Waals surface area contributed by atoms with Gasteiger partial charge in [-0.3, -0.25) is 0 Å². The Labute approximate surface area is 105 Å². The number of sulfonamides is 1. The van der Waals surface area contributed by atoms with E-state index in [1.165, 1.54) is 18.2 Å². The number of benzene rings is 1. The van der Waals surface area contributed by atoms with Crippen LogP contribution in [0, 0.1) is 5.82 Å². The number of piperidine rings is 1. The van der Waals surface area contributed by atoms with Crippen LogP contribution >= 0.6 is 0 Å². The Morgan fingerprint density at radius 1 is 1.33 bits per heavy atom. The standard InChI is InChI=1S/C12H14FNO3S/c13-10-4-3-6-12(8-10)18(16,17)14-7-2-1-5-11(14)9-15/h3-4,6,8-9,11H,1-2,5,7H2. The van der Waals surface area contributed by atoms with Crippen LogP contribution in [-0.2, 0) is 14.8 Å². The van der Waals surface area contributed by atoms with Gasteiger partial charge in [0.25, 0.3) is 0 Å². The Balaban J connectivity index is 2.38. The molecule has 1 unspecified atom stereocenters. The summed E-state index contributed by atoms with van der Waals surface area (Å²) in [5.74, 6) is -0.601. The Hall–Kier alpha value is -1.27. The molecule has 0 saturated carbocycles. The van der Waals surface area contributed by atoms with Crippen molar-refractivity contribution in [2.75, 3.05) is 6.54 Å². The minimum Gasteiger partial charge on any atom is -0.302 e. The van der Waals surface area contributed by atoms with Crippen molar-refractivity contribution < 1.29 is 17.6 Å². The molecule has 0 aromatic heterocycles. The molecule has 1 saturated heterocycles. The molecule has 1 atom stereocenters. The van der Waals surface area contributed by atoms with E-state index >= 15 is 0 Å². The van der Waals surface area contributed by atoms with Crippen molar-refractivity contribution in [3.63, 3.8) is 0 Å². The molecule has 1 heterocycles. The zero-order valence-corrected chi connectivity index (χ0v) is 10.6. The van der Waals surface area contributed by atoms with Crippen molar-refractivity contribution in [2.24, 2.45) is 0 Å². The Morgan fingerprint density at radius 2 is 2.11 bits per heavy atom. The van der Waals surface area contributed by atoms with Gasteiger partial charge in [0.1, 0.15) is 12.1 Å². The minimum atomic E-state index is -3.78. The summed E-state index contributed by atoms with van der Waals surface area (Å²) in [4.78, 5) is 10.8. The summed E-state index contributed by atoms with van der Waals surface area (Å²) >= 11 is 0. The van der Waals surface area contributed by atoms with Crippen LogP contribution in [0.4, 0.5) is 4.39 Å². The number of hydrogen-bond acceptors (Lipinski definition) is 3. The first-order valence-electron chi connectivity index (χ1n) is 5.78. The van der Waals surface area contributed by atoms with Crippen LogP contribution in [0.1, 0.15) is 19.3 Å². The van der Waals surface area contributed by atoms with E-state index in [0.717, 1.165) is 23.2 Å². The second-order valence-electron chi connectivity index (χ2n) is 4.27. The molecule has 18 heavy (non-hydrogen) atoms. The van der Waals surface area contributed by atoms with Gasteiger partial charge in [-0.2, -0.15) is 4.31 Å². The molecule has 0 amide bonds. The van der Waals surface area contributed by atoms with Crippen LogP contribution in [0.3, 0.4) is 0 Å². The fourth-order valence-corrected chi connectivity index (χ4v) is 3.79. The summed E-state index contributed by atoms with van der Waals surface area (Å²) in [6.45, 7) is 0.308. The molecule has 1 aromatic carbocycles. The SMILES string of the molecule is O=CC1CCCCN1S(=O)(=O)c1cccc(F)c1. The molecule has 2 rings (SSSR count). The highest BCUT2D eigenvalue weighted by Crippen LogP contribution is 2.24. The van der Waals surface area contributed by atoms with Gasteiger partial charge >= 0.3 is 0 Å². The van der Waals surface area contributed by atoms with E-state index in [1.54, 1.807) is 0 Å². The number of aldehydes is 1. The minimum absolute atomic E-state index is 0.101. The Kier molecular flexibility index (Phi) is 3.77. The molecule has 0 N–H and O–H groups in total. The van der Waals surface area contributed by atoms with E-state index in [9.17, 15) is 17.6 Å². The van der Waals surface area contributed by atoms with E-state index in [-0.39, 0.29) is 4.90 Å². The molecule has 1 aliphatic heterocycles. The molecule has 0 spiro atoms. The second kappa shape index (κ2) is 5.16. The molecule has 4 nitrogen and oxygen atoms in total.